The molecule has 0 fully saturated rings. The summed E-state index contributed by atoms with van der Waals surface area (Å²) in [6.45, 7) is 3.73. The van der Waals surface area contributed by atoms with Gasteiger partial charge in [0.05, 0.1) is 6.61 Å². The van der Waals surface area contributed by atoms with Crippen molar-refractivity contribution in [2.45, 2.75) is 32.2 Å². The average molecular weight is 203 g/mol. The normalized spacial score (nSPS) is 14.3. The maximum Gasteiger partial charge on any atom is 0.139 e. The Morgan fingerprint density at radius 3 is 2.86 bits per heavy atom. The zero-order valence-corrected chi connectivity index (χ0v) is 8.99. The molecule has 0 radical (unpaired) electrons. The van der Waals surface area contributed by atoms with Crippen molar-refractivity contribution < 1.29 is 9.94 Å². The fourth-order valence-corrected chi connectivity index (χ4v) is 1.14. The molecule has 1 atom stereocenters. The van der Waals surface area contributed by atoms with Gasteiger partial charge in [-0.05, 0) is 26.3 Å². The van der Waals surface area contributed by atoms with Crippen LogP contribution in [0.3, 0.4) is 0 Å². The van der Waals surface area contributed by atoms with E-state index >= 15 is 0 Å². The van der Waals surface area contributed by atoms with Crippen molar-refractivity contribution in [2.24, 2.45) is 10.9 Å². The molecule has 0 aliphatic rings. The zero-order chi connectivity index (χ0) is 10.8. The molecule has 0 rings (SSSR count). The van der Waals surface area contributed by atoms with Crippen LogP contribution in [0, 0.1) is 0 Å². The van der Waals surface area contributed by atoms with Crippen LogP contribution in [-0.2, 0) is 4.74 Å². The van der Waals surface area contributed by atoms with Crippen molar-refractivity contribution in [1.29, 1.82) is 0 Å². The van der Waals surface area contributed by atoms with Crippen molar-refractivity contribution in [2.75, 3.05) is 20.3 Å². The van der Waals surface area contributed by atoms with E-state index in [1.54, 1.807) is 7.11 Å². The standard InChI is InChI=1S/C9H21N3O2/c1-8(7-14-2)11-6-4-3-5-9(10)12-13/h8,11,13H,3-7H2,1-2H3,(H2,10,12). The summed E-state index contributed by atoms with van der Waals surface area (Å²) in [7, 11) is 1.69. The third kappa shape index (κ3) is 7.82. The number of methoxy groups -OCH3 is 1. The average Bonchev–Trinajstić information content (AvgIpc) is 2.17. The number of amidine groups is 1. The van der Waals surface area contributed by atoms with Crippen molar-refractivity contribution in [1.82, 2.24) is 5.32 Å². The van der Waals surface area contributed by atoms with Crippen LogP contribution in [0.2, 0.25) is 0 Å². The van der Waals surface area contributed by atoms with Gasteiger partial charge in [-0.15, -0.1) is 0 Å². The number of hydrogen-bond donors (Lipinski definition) is 3. The first-order valence-corrected chi connectivity index (χ1v) is 4.89. The Kier molecular flexibility index (Phi) is 8.27. The summed E-state index contributed by atoms with van der Waals surface area (Å²) in [6.07, 6.45) is 2.60. The van der Waals surface area contributed by atoms with Crippen LogP contribution in [0.15, 0.2) is 5.16 Å². The lowest BCUT2D eigenvalue weighted by molar-refractivity contribution is 0.172. The Balaban J connectivity index is 3.21. The molecular weight excluding hydrogens is 182 g/mol. The minimum Gasteiger partial charge on any atom is -0.409 e. The molecule has 0 aromatic heterocycles. The Morgan fingerprint density at radius 1 is 1.57 bits per heavy atom. The second kappa shape index (κ2) is 8.77. The summed E-state index contributed by atoms with van der Waals surface area (Å²) in [5.41, 5.74) is 5.32. The third-order valence-corrected chi connectivity index (χ3v) is 1.90. The Bertz CT molecular complexity index is 162. The van der Waals surface area contributed by atoms with Crippen molar-refractivity contribution in [3.63, 3.8) is 0 Å². The molecule has 1 unspecified atom stereocenters. The second-order valence-electron chi connectivity index (χ2n) is 3.36. The van der Waals surface area contributed by atoms with E-state index in [2.05, 4.69) is 17.4 Å². The molecule has 0 aliphatic heterocycles. The highest BCUT2D eigenvalue weighted by Gasteiger charge is 1.99. The van der Waals surface area contributed by atoms with E-state index in [0.29, 0.717) is 18.3 Å². The smallest absolute Gasteiger partial charge is 0.139 e. The van der Waals surface area contributed by atoms with E-state index in [-0.39, 0.29) is 0 Å². The molecule has 0 saturated carbocycles. The second-order valence-corrected chi connectivity index (χ2v) is 3.36. The Hall–Kier alpha value is -0.810. The number of hydrogen-bond acceptors (Lipinski definition) is 4. The molecule has 0 bridgehead atoms. The Labute approximate surface area is 85.3 Å². The molecular formula is C9H21N3O2. The SMILES string of the molecule is COCC(C)NCCCCC(N)=NO. The van der Waals surface area contributed by atoms with Gasteiger partial charge in [-0.2, -0.15) is 0 Å². The highest BCUT2D eigenvalue weighted by molar-refractivity contribution is 5.79. The quantitative estimate of drug-likeness (QED) is 0.177. The van der Waals surface area contributed by atoms with Crippen molar-refractivity contribution in [3.05, 3.63) is 0 Å². The number of nitrogens with one attached hydrogen (secondary N) is 1. The number of oxime groups is 1. The maximum absolute atomic E-state index is 8.28. The number of nitrogens with two attached hydrogens (primary N) is 1. The van der Waals surface area contributed by atoms with Crippen LogP contribution in [0.4, 0.5) is 0 Å². The lowest BCUT2D eigenvalue weighted by Crippen LogP contribution is -2.31. The lowest BCUT2D eigenvalue weighted by Gasteiger charge is -2.11. The minimum atomic E-state index is 0.301. The van der Waals surface area contributed by atoms with E-state index in [1.807, 2.05) is 0 Å². The number of rotatable bonds is 8. The number of nitrogens with zero attached hydrogens (tertiary/aromatic N) is 1. The lowest BCUT2D eigenvalue weighted by atomic mass is 10.2. The predicted octanol–water partition coefficient (Wildman–Crippen LogP) is 0.528. The highest BCUT2D eigenvalue weighted by Crippen LogP contribution is 1.94. The minimum absolute atomic E-state index is 0.301. The number of ether oxygens (including phenoxy) is 1. The summed E-state index contributed by atoms with van der Waals surface area (Å²) in [5, 5.41) is 14.5. The van der Waals surface area contributed by atoms with Gasteiger partial charge < -0.3 is 21.0 Å². The topological polar surface area (TPSA) is 79.9 Å². The molecule has 5 nitrogen and oxygen atoms in total. The number of unbranched alkanes of at least 4 members (excludes halogenated alkanes) is 1. The third-order valence-electron chi connectivity index (χ3n) is 1.90. The van der Waals surface area contributed by atoms with Crippen LogP contribution in [0.1, 0.15) is 26.2 Å². The maximum atomic E-state index is 8.28. The van der Waals surface area contributed by atoms with Crippen molar-refractivity contribution in [3.8, 4) is 0 Å². The van der Waals surface area contributed by atoms with E-state index in [0.717, 1.165) is 26.0 Å². The van der Waals surface area contributed by atoms with Crippen LogP contribution in [0.25, 0.3) is 0 Å². The van der Waals surface area contributed by atoms with Gasteiger partial charge >= 0.3 is 0 Å². The molecule has 0 saturated heterocycles. The van der Waals surface area contributed by atoms with Crippen LogP contribution >= 0.6 is 0 Å². The van der Waals surface area contributed by atoms with Gasteiger partial charge in [-0.3, -0.25) is 0 Å². The Morgan fingerprint density at radius 2 is 2.29 bits per heavy atom. The fourth-order valence-electron chi connectivity index (χ4n) is 1.14. The van der Waals surface area contributed by atoms with Crippen LogP contribution in [0.5, 0.6) is 0 Å². The van der Waals surface area contributed by atoms with Gasteiger partial charge in [-0.25, -0.2) is 0 Å². The molecule has 4 N–H and O–H groups in total. The molecule has 0 heterocycles. The first-order valence-electron chi connectivity index (χ1n) is 4.89. The predicted molar refractivity (Wildman–Crippen MR) is 56.6 cm³/mol. The van der Waals surface area contributed by atoms with E-state index in [1.165, 1.54) is 0 Å². The molecule has 5 heteroatoms. The van der Waals surface area contributed by atoms with E-state index < -0.39 is 0 Å². The monoisotopic (exact) mass is 203 g/mol. The molecule has 0 aromatic rings. The largest absolute Gasteiger partial charge is 0.409 e. The molecule has 0 aromatic carbocycles. The van der Waals surface area contributed by atoms with Crippen molar-refractivity contribution >= 4 is 5.84 Å². The van der Waals surface area contributed by atoms with Crippen LogP contribution in [-0.4, -0.2) is 37.3 Å². The first kappa shape index (κ1) is 13.2. The van der Waals surface area contributed by atoms with Gasteiger partial charge in [0, 0.05) is 19.6 Å². The molecule has 0 aliphatic carbocycles. The van der Waals surface area contributed by atoms with Gasteiger partial charge in [0.25, 0.3) is 0 Å². The highest BCUT2D eigenvalue weighted by atomic mass is 16.5. The van der Waals surface area contributed by atoms with Gasteiger partial charge in [0.2, 0.25) is 0 Å². The van der Waals surface area contributed by atoms with E-state index in [9.17, 15) is 0 Å². The summed E-state index contributed by atoms with van der Waals surface area (Å²) in [4.78, 5) is 0. The fraction of sp³-hybridized carbons (Fsp3) is 0.889. The zero-order valence-electron chi connectivity index (χ0n) is 8.99. The van der Waals surface area contributed by atoms with Crippen LogP contribution < -0.4 is 11.1 Å². The summed E-state index contributed by atoms with van der Waals surface area (Å²) >= 11 is 0. The molecule has 14 heavy (non-hydrogen) atoms. The summed E-state index contributed by atoms with van der Waals surface area (Å²) < 4.78 is 4.98. The van der Waals surface area contributed by atoms with Gasteiger partial charge in [0.1, 0.15) is 5.84 Å². The summed E-state index contributed by atoms with van der Waals surface area (Å²) in [6, 6.07) is 0.379. The summed E-state index contributed by atoms with van der Waals surface area (Å²) in [5.74, 6) is 0.301. The van der Waals surface area contributed by atoms with Gasteiger partial charge in [0.15, 0.2) is 0 Å². The molecule has 84 valence electrons. The molecule has 0 spiro atoms. The van der Waals surface area contributed by atoms with Gasteiger partial charge in [-0.1, -0.05) is 5.16 Å². The van der Waals surface area contributed by atoms with E-state index in [4.69, 9.17) is 15.7 Å². The molecule has 0 amide bonds. The first-order chi connectivity index (χ1) is 6.70.